The van der Waals surface area contributed by atoms with E-state index in [1.807, 2.05) is 0 Å². The molecule has 1 aromatic carbocycles. The van der Waals surface area contributed by atoms with Gasteiger partial charge in [-0.1, -0.05) is 18.2 Å². The molecule has 6 heteroatoms. The van der Waals surface area contributed by atoms with E-state index in [9.17, 15) is 4.57 Å². The first kappa shape index (κ1) is 15.8. The van der Waals surface area contributed by atoms with Crippen molar-refractivity contribution in [1.29, 1.82) is 0 Å². The maximum Gasteiger partial charge on any atom is 1.00 e. The molecular weight excluding hydrogens is 197 g/mol. The molecule has 0 fully saturated rings. The maximum absolute atomic E-state index is 10.5. The standard InChI is InChI=1S/C6H7O3P.2Na.2H/c7-10(8,9)6-4-2-1-3-5-6;;;;/h1-5H,(H2,7,8,9);;;;/q;2*+1;2*-1. The summed E-state index contributed by atoms with van der Waals surface area (Å²) in [6.45, 7) is 0. The first-order valence-electron chi connectivity index (χ1n) is 2.72. The minimum absolute atomic E-state index is 0. The van der Waals surface area contributed by atoms with Gasteiger partial charge in [-0.2, -0.15) is 0 Å². The fourth-order valence-corrected chi connectivity index (χ4v) is 1.18. The Morgan fingerprint density at radius 2 is 1.50 bits per heavy atom. The van der Waals surface area contributed by atoms with Crippen LogP contribution in [0.5, 0.6) is 0 Å². The third-order valence-corrected chi connectivity index (χ3v) is 2.06. The number of rotatable bonds is 1. The van der Waals surface area contributed by atoms with Crippen LogP contribution in [0.3, 0.4) is 0 Å². The molecule has 0 aliphatic rings. The summed E-state index contributed by atoms with van der Waals surface area (Å²) in [6, 6.07) is 7.70. The Morgan fingerprint density at radius 3 is 1.75 bits per heavy atom. The average molecular weight is 206 g/mol. The van der Waals surface area contributed by atoms with Crippen molar-refractivity contribution in [3.05, 3.63) is 30.3 Å². The minimum Gasteiger partial charge on any atom is -1.00 e. The van der Waals surface area contributed by atoms with Crippen molar-refractivity contribution in [3.63, 3.8) is 0 Å². The van der Waals surface area contributed by atoms with Crippen LogP contribution in [0.25, 0.3) is 0 Å². The van der Waals surface area contributed by atoms with Gasteiger partial charge in [-0.25, -0.2) is 0 Å². The molecule has 3 nitrogen and oxygen atoms in total. The maximum atomic E-state index is 10.5. The van der Waals surface area contributed by atoms with Gasteiger partial charge in [-0.05, 0) is 12.1 Å². The zero-order chi connectivity index (χ0) is 7.61. The van der Waals surface area contributed by atoms with Crippen LogP contribution in [0.4, 0.5) is 0 Å². The van der Waals surface area contributed by atoms with Crippen LogP contribution in [0.2, 0.25) is 0 Å². The summed E-state index contributed by atoms with van der Waals surface area (Å²) in [4.78, 5) is 17.2. The van der Waals surface area contributed by atoms with E-state index in [0.29, 0.717) is 0 Å². The van der Waals surface area contributed by atoms with E-state index in [-0.39, 0.29) is 67.3 Å². The predicted molar refractivity (Wildman–Crippen MR) is 40.3 cm³/mol. The summed E-state index contributed by atoms with van der Waals surface area (Å²) < 4.78 is 10.5. The van der Waals surface area contributed by atoms with E-state index in [1.54, 1.807) is 18.2 Å². The van der Waals surface area contributed by atoms with Crippen LogP contribution in [0.1, 0.15) is 2.85 Å². The molecule has 0 aliphatic carbocycles. The van der Waals surface area contributed by atoms with E-state index in [2.05, 4.69) is 0 Å². The van der Waals surface area contributed by atoms with Crippen molar-refractivity contribution in [1.82, 2.24) is 0 Å². The first-order valence-corrected chi connectivity index (χ1v) is 4.33. The first-order chi connectivity index (χ1) is 4.61. The average Bonchev–Trinajstić information content (AvgIpc) is 1.88. The number of benzene rings is 1. The fourth-order valence-electron chi connectivity index (χ4n) is 0.622. The molecule has 0 aromatic heterocycles. The summed E-state index contributed by atoms with van der Waals surface area (Å²) >= 11 is 0. The molecule has 12 heavy (non-hydrogen) atoms. The van der Waals surface area contributed by atoms with Gasteiger partial charge in [-0.15, -0.1) is 0 Å². The molecule has 0 heterocycles. The molecular formula is C6H9Na2O3P. The fraction of sp³-hybridized carbons (Fsp3) is 0. The number of hydrogen-bond donors (Lipinski definition) is 2. The second-order valence-corrected chi connectivity index (χ2v) is 3.48. The Kier molecular flexibility index (Phi) is 8.93. The third-order valence-electron chi connectivity index (χ3n) is 1.09. The molecule has 2 N–H and O–H groups in total. The number of hydrogen-bond acceptors (Lipinski definition) is 1. The largest absolute Gasteiger partial charge is 1.00 e. The minimum atomic E-state index is -4.02. The second-order valence-electron chi connectivity index (χ2n) is 1.88. The van der Waals surface area contributed by atoms with Gasteiger partial charge in [0.25, 0.3) is 0 Å². The van der Waals surface area contributed by atoms with Crippen LogP contribution in [-0.2, 0) is 4.57 Å². The van der Waals surface area contributed by atoms with Gasteiger partial charge in [0.1, 0.15) is 0 Å². The quantitative estimate of drug-likeness (QED) is 0.356. The Morgan fingerprint density at radius 1 is 1.08 bits per heavy atom. The zero-order valence-electron chi connectivity index (χ0n) is 9.14. The van der Waals surface area contributed by atoms with E-state index >= 15 is 0 Å². The van der Waals surface area contributed by atoms with Gasteiger partial charge >= 0.3 is 66.7 Å². The van der Waals surface area contributed by atoms with Crippen molar-refractivity contribution >= 4 is 12.9 Å². The molecule has 0 amide bonds. The Hall–Kier alpha value is 1.37. The Balaban J connectivity index is -0.000000125. The van der Waals surface area contributed by atoms with Crippen molar-refractivity contribution in [2.24, 2.45) is 0 Å². The van der Waals surface area contributed by atoms with Gasteiger partial charge < -0.3 is 12.6 Å². The molecule has 1 aromatic rings. The van der Waals surface area contributed by atoms with Crippen LogP contribution >= 0.6 is 7.60 Å². The summed E-state index contributed by atoms with van der Waals surface area (Å²) in [5, 5.41) is 0.0648. The second kappa shape index (κ2) is 6.77. The zero-order valence-corrected chi connectivity index (χ0v) is 12.0. The molecule has 0 radical (unpaired) electrons. The third kappa shape index (κ3) is 5.18. The molecule has 0 saturated heterocycles. The summed E-state index contributed by atoms with van der Waals surface area (Å²) in [5.41, 5.74) is 0. The summed E-state index contributed by atoms with van der Waals surface area (Å²) in [5.74, 6) is 0. The van der Waals surface area contributed by atoms with Crippen molar-refractivity contribution < 1.29 is 76.3 Å². The molecule has 0 aliphatic heterocycles. The van der Waals surface area contributed by atoms with Gasteiger partial charge in [0.2, 0.25) is 0 Å². The van der Waals surface area contributed by atoms with Crippen LogP contribution in [-0.4, -0.2) is 9.79 Å². The van der Waals surface area contributed by atoms with Gasteiger partial charge in [0, 0.05) is 0 Å². The molecule has 58 valence electrons. The SMILES string of the molecule is O=P(O)(O)c1ccccc1.[H-].[H-].[Na+].[Na+]. The van der Waals surface area contributed by atoms with E-state index in [1.165, 1.54) is 12.1 Å². The summed E-state index contributed by atoms with van der Waals surface area (Å²) in [6.07, 6.45) is 0. The Labute approximate surface area is 118 Å². The molecule has 0 bridgehead atoms. The Bertz CT molecular complexity index is 267. The molecule has 0 unspecified atom stereocenters. The van der Waals surface area contributed by atoms with E-state index in [0.717, 1.165) is 0 Å². The van der Waals surface area contributed by atoms with E-state index in [4.69, 9.17) is 9.79 Å². The van der Waals surface area contributed by atoms with Crippen molar-refractivity contribution in [3.8, 4) is 0 Å². The molecule has 0 spiro atoms. The van der Waals surface area contributed by atoms with Crippen molar-refractivity contribution in [2.75, 3.05) is 0 Å². The van der Waals surface area contributed by atoms with Crippen molar-refractivity contribution in [2.45, 2.75) is 0 Å². The van der Waals surface area contributed by atoms with Crippen LogP contribution in [0.15, 0.2) is 30.3 Å². The van der Waals surface area contributed by atoms with Gasteiger partial charge in [0.15, 0.2) is 0 Å². The van der Waals surface area contributed by atoms with Crippen LogP contribution in [0, 0.1) is 0 Å². The molecule has 0 saturated carbocycles. The summed E-state index contributed by atoms with van der Waals surface area (Å²) in [7, 11) is -4.02. The van der Waals surface area contributed by atoms with Crippen LogP contribution < -0.4 is 64.4 Å². The van der Waals surface area contributed by atoms with E-state index < -0.39 is 7.60 Å². The van der Waals surface area contributed by atoms with Gasteiger partial charge in [0.05, 0.1) is 5.30 Å². The molecule has 1 rings (SSSR count). The predicted octanol–water partition coefficient (Wildman–Crippen LogP) is -5.28. The topological polar surface area (TPSA) is 57.5 Å². The monoisotopic (exact) mass is 206 g/mol. The normalized spacial score (nSPS) is 9.50. The van der Waals surface area contributed by atoms with Gasteiger partial charge in [-0.3, -0.25) is 4.57 Å². The molecule has 0 atom stereocenters. The smallest absolute Gasteiger partial charge is 1.00 e.